The number of fused-ring (bicyclic) bond motifs is 1. The minimum Gasteiger partial charge on any atom is -0.493 e. The van der Waals surface area contributed by atoms with Crippen molar-refractivity contribution in [3.05, 3.63) is 59.2 Å². The molecule has 2 aliphatic rings. The summed E-state index contributed by atoms with van der Waals surface area (Å²) in [7, 11) is 1.67. The average Bonchev–Trinajstić information content (AvgIpc) is 3.09. The molecule has 0 spiro atoms. The average molecular weight is 420 g/mol. The molecule has 0 bridgehead atoms. The van der Waals surface area contributed by atoms with E-state index in [2.05, 4.69) is 37.3 Å². The summed E-state index contributed by atoms with van der Waals surface area (Å²) >= 11 is 0. The first kappa shape index (κ1) is 21.7. The summed E-state index contributed by atoms with van der Waals surface area (Å²) < 4.78 is 18.2. The maximum Gasteiger partial charge on any atom is 0.166 e. The highest BCUT2D eigenvalue weighted by Gasteiger charge is 2.38. The van der Waals surface area contributed by atoms with Crippen molar-refractivity contribution in [2.24, 2.45) is 17.8 Å². The van der Waals surface area contributed by atoms with Gasteiger partial charge in [-0.15, -0.1) is 0 Å². The van der Waals surface area contributed by atoms with E-state index in [0.717, 1.165) is 50.2 Å². The Hall–Kier alpha value is -2.51. The van der Waals surface area contributed by atoms with Gasteiger partial charge in [0.1, 0.15) is 6.10 Å². The van der Waals surface area contributed by atoms with Crippen LogP contribution in [0.2, 0.25) is 0 Å². The Labute approximate surface area is 186 Å². The Kier molecular flexibility index (Phi) is 7.14. The second kappa shape index (κ2) is 10.2. The molecule has 4 unspecified atom stereocenters. The van der Waals surface area contributed by atoms with Crippen LogP contribution in [0.3, 0.4) is 0 Å². The third-order valence-corrected chi connectivity index (χ3v) is 7.21. The minimum atomic E-state index is -0.0436. The Bertz CT molecular complexity index is 911. The van der Waals surface area contributed by atoms with Crippen LogP contribution in [0.15, 0.2) is 42.5 Å². The monoisotopic (exact) mass is 419 g/mol. The first-order chi connectivity index (χ1) is 15.2. The van der Waals surface area contributed by atoms with Crippen molar-refractivity contribution in [3.63, 3.8) is 0 Å². The number of rotatable bonds is 6. The molecule has 0 aromatic heterocycles. The molecule has 4 rings (SSSR count). The summed E-state index contributed by atoms with van der Waals surface area (Å²) in [4.78, 5) is 0. The molecule has 4 atom stereocenters. The van der Waals surface area contributed by atoms with Gasteiger partial charge in [0.2, 0.25) is 0 Å². The van der Waals surface area contributed by atoms with Crippen LogP contribution in [0.25, 0.3) is 0 Å². The lowest BCUT2D eigenvalue weighted by Gasteiger charge is -2.40. The van der Waals surface area contributed by atoms with E-state index in [1.165, 1.54) is 17.5 Å². The van der Waals surface area contributed by atoms with Crippen molar-refractivity contribution in [2.45, 2.75) is 51.6 Å². The number of nitriles is 1. The SMILES string of the molecule is COc1cccc(CC#N)c1OC1c2ccccc2CCC1C(C)C1CCCOCC1. The number of benzene rings is 2. The maximum atomic E-state index is 9.35. The van der Waals surface area contributed by atoms with E-state index in [9.17, 15) is 5.26 Å². The van der Waals surface area contributed by atoms with Crippen molar-refractivity contribution in [1.82, 2.24) is 0 Å². The minimum absolute atomic E-state index is 0.0436. The largest absolute Gasteiger partial charge is 0.493 e. The number of hydrogen-bond donors (Lipinski definition) is 0. The van der Waals surface area contributed by atoms with Crippen LogP contribution in [-0.2, 0) is 17.6 Å². The maximum absolute atomic E-state index is 9.35. The van der Waals surface area contributed by atoms with E-state index >= 15 is 0 Å². The van der Waals surface area contributed by atoms with Crippen molar-refractivity contribution >= 4 is 0 Å². The number of aryl methyl sites for hydroxylation is 1. The molecule has 31 heavy (non-hydrogen) atoms. The molecule has 0 N–H and O–H groups in total. The van der Waals surface area contributed by atoms with Gasteiger partial charge in [0.05, 0.1) is 19.6 Å². The number of para-hydroxylation sites is 1. The summed E-state index contributed by atoms with van der Waals surface area (Å²) in [6.07, 6.45) is 5.96. The first-order valence-electron chi connectivity index (χ1n) is 11.6. The van der Waals surface area contributed by atoms with E-state index in [-0.39, 0.29) is 6.10 Å². The smallest absolute Gasteiger partial charge is 0.166 e. The fourth-order valence-corrected chi connectivity index (χ4v) is 5.44. The van der Waals surface area contributed by atoms with Gasteiger partial charge in [-0.1, -0.05) is 43.3 Å². The third-order valence-electron chi connectivity index (χ3n) is 7.21. The highest BCUT2D eigenvalue weighted by molar-refractivity contribution is 5.48. The lowest BCUT2D eigenvalue weighted by molar-refractivity contribution is 0.0532. The molecule has 1 aliphatic carbocycles. The van der Waals surface area contributed by atoms with Crippen molar-refractivity contribution in [1.29, 1.82) is 5.26 Å². The highest BCUT2D eigenvalue weighted by Crippen LogP contribution is 2.47. The number of ether oxygens (including phenoxy) is 3. The summed E-state index contributed by atoms with van der Waals surface area (Å²) in [5.74, 6) is 3.02. The third kappa shape index (κ3) is 4.72. The van der Waals surface area contributed by atoms with Crippen molar-refractivity contribution in [3.8, 4) is 17.6 Å². The summed E-state index contributed by atoms with van der Waals surface area (Å²) in [5.41, 5.74) is 3.54. The van der Waals surface area contributed by atoms with Gasteiger partial charge in [0.25, 0.3) is 0 Å². The van der Waals surface area contributed by atoms with Crippen molar-refractivity contribution in [2.75, 3.05) is 20.3 Å². The van der Waals surface area contributed by atoms with Gasteiger partial charge in [-0.2, -0.15) is 5.26 Å². The molecule has 1 fully saturated rings. The van der Waals surface area contributed by atoms with Gasteiger partial charge in [0, 0.05) is 24.7 Å². The molecule has 2 aromatic carbocycles. The van der Waals surface area contributed by atoms with Crippen LogP contribution in [-0.4, -0.2) is 20.3 Å². The zero-order valence-corrected chi connectivity index (χ0v) is 18.7. The van der Waals surface area contributed by atoms with Gasteiger partial charge in [-0.3, -0.25) is 0 Å². The van der Waals surface area contributed by atoms with Crippen LogP contribution in [0.1, 0.15) is 55.4 Å². The first-order valence-corrected chi connectivity index (χ1v) is 11.6. The molecule has 1 heterocycles. The zero-order valence-electron chi connectivity index (χ0n) is 18.7. The molecule has 1 aliphatic heterocycles. The molecular weight excluding hydrogens is 386 g/mol. The molecule has 164 valence electrons. The second-order valence-electron chi connectivity index (χ2n) is 8.89. The quantitative estimate of drug-likeness (QED) is 0.585. The molecular formula is C27H33NO3. The van der Waals surface area contributed by atoms with Crippen LogP contribution in [0.5, 0.6) is 11.5 Å². The standard InChI is InChI=1S/C27H33NO3/c1-19(20-9-6-17-30-18-15-20)23-13-12-21-7-3-4-10-24(21)27(23)31-26-22(14-16-28)8-5-11-25(26)29-2/h3-5,7-8,10-11,19-20,23,27H,6,9,12-15,17-18H2,1-2H3. The molecule has 0 saturated carbocycles. The Balaban J connectivity index is 1.70. The topological polar surface area (TPSA) is 51.5 Å². The van der Waals surface area contributed by atoms with Gasteiger partial charge in [-0.25, -0.2) is 0 Å². The van der Waals surface area contributed by atoms with Gasteiger partial charge >= 0.3 is 0 Å². The molecule has 4 nitrogen and oxygen atoms in total. The van der Waals surface area contributed by atoms with Crippen LogP contribution >= 0.6 is 0 Å². The van der Waals surface area contributed by atoms with Crippen molar-refractivity contribution < 1.29 is 14.2 Å². The highest BCUT2D eigenvalue weighted by atomic mass is 16.5. The summed E-state index contributed by atoms with van der Waals surface area (Å²) in [6, 6.07) is 16.8. The van der Waals surface area contributed by atoms with Gasteiger partial charge in [-0.05, 0) is 61.1 Å². The summed E-state index contributed by atoms with van der Waals surface area (Å²) in [5, 5.41) is 9.35. The lowest BCUT2D eigenvalue weighted by Crippen LogP contribution is -2.33. The van der Waals surface area contributed by atoms with E-state index in [0.29, 0.717) is 29.9 Å². The Morgan fingerprint density at radius 1 is 1.10 bits per heavy atom. The van der Waals surface area contributed by atoms with Crippen LogP contribution < -0.4 is 9.47 Å². The predicted octanol–water partition coefficient (Wildman–Crippen LogP) is 5.90. The zero-order chi connectivity index (χ0) is 21.6. The molecule has 2 aromatic rings. The van der Waals surface area contributed by atoms with Crippen LogP contribution in [0, 0.1) is 29.1 Å². The fourth-order valence-electron chi connectivity index (χ4n) is 5.44. The fraction of sp³-hybridized carbons (Fsp3) is 0.519. The molecule has 4 heteroatoms. The number of nitrogens with zero attached hydrogens (tertiary/aromatic N) is 1. The summed E-state index contributed by atoms with van der Waals surface area (Å²) in [6.45, 7) is 4.15. The molecule has 0 amide bonds. The molecule has 1 saturated heterocycles. The van der Waals surface area contributed by atoms with Gasteiger partial charge < -0.3 is 14.2 Å². The van der Waals surface area contributed by atoms with Crippen LogP contribution in [0.4, 0.5) is 0 Å². The molecule has 0 radical (unpaired) electrons. The Morgan fingerprint density at radius 2 is 1.97 bits per heavy atom. The van der Waals surface area contributed by atoms with Gasteiger partial charge in [0.15, 0.2) is 11.5 Å². The van der Waals surface area contributed by atoms with E-state index in [1.54, 1.807) is 7.11 Å². The lowest BCUT2D eigenvalue weighted by atomic mass is 9.70. The van der Waals surface area contributed by atoms with E-state index in [1.807, 2.05) is 18.2 Å². The number of methoxy groups -OCH3 is 1. The van der Waals surface area contributed by atoms with E-state index in [4.69, 9.17) is 14.2 Å². The normalized spacial score (nSPS) is 24.4. The number of hydrogen-bond acceptors (Lipinski definition) is 4. The Morgan fingerprint density at radius 3 is 2.81 bits per heavy atom. The van der Waals surface area contributed by atoms with E-state index < -0.39 is 0 Å². The second-order valence-corrected chi connectivity index (χ2v) is 8.89. The predicted molar refractivity (Wildman–Crippen MR) is 121 cm³/mol.